The highest BCUT2D eigenvalue weighted by Crippen LogP contribution is 2.48. The second-order valence-corrected chi connectivity index (χ2v) is 19.4. The first-order valence-corrected chi connectivity index (χ1v) is 24.4. The van der Waals surface area contributed by atoms with Gasteiger partial charge in [0.25, 0.3) is 6.71 Å². The molecular formula is C66H37BN2O. The van der Waals surface area contributed by atoms with Crippen molar-refractivity contribution in [3.63, 3.8) is 0 Å². The van der Waals surface area contributed by atoms with Gasteiger partial charge in [-0.15, -0.1) is 0 Å². The van der Waals surface area contributed by atoms with Crippen LogP contribution in [0, 0.1) is 0 Å². The van der Waals surface area contributed by atoms with E-state index in [4.69, 9.17) is 4.42 Å². The minimum Gasteiger partial charge on any atom is -0.456 e. The summed E-state index contributed by atoms with van der Waals surface area (Å²) in [4.78, 5) is 0. The number of nitrogens with zero attached hydrogens (tertiary/aromatic N) is 2. The highest BCUT2D eigenvalue weighted by Gasteiger charge is 2.42. The number of furan rings is 1. The average molecular weight is 885 g/mol. The Morgan fingerprint density at radius 1 is 0.314 bits per heavy atom. The molecule has 0 unspecified atom stereocenters. The van der Waals surface area contributed by atoms with E-state index in [2.05, 4.69) is 234 Å². The van der Waals surface area contributed by atoms with E-state index >= 15 is 0 Å². The van der Waals surface area contributed by atoms with Gasteiger partial charge >= 0.3 is 0 Å². The predicted molar refractivity (Wildman–Crippen MR) is 296 cm³/mol. The third kappa shape index (κ3) is 4.61. The zero-order valence-electron chi connectivity index (χ0n) is 37.7. The summed E-state index contributed by atoms with van der Waals surface area (Å²) in [6, 6.07) is 83.8. The Hall–Kier alpha value is -9.12. The number of hydrogen-bond acceptors (Lipinski definition) is 1. The van der Waals surface area contributed by atoms with Crippen molar-refractivity contribution >= 4 is 121 Å². The quantitative estimate of drug-likeness (QED) is 0.128. The molecular weight excluding hydrogens is 848 g/mol. The third-order valence-electron chi connectivity index (χ3n) is 16.0. The van der Waals surface area contributed by atoms with Gasteiger partial charge in [0.1, 0.15) is 11.2 Å². The van der Waals surface area contributed by atoms with E-state index in [-0.39, 0.29) is 6.71 Å². The van der Waals surface area contributed by atoms with Crippen molar-refractivity contribution in [2.75, 3.05) is 0 Å². The Bertz CT molecular complexity index is 4770. The van der Waals surface area contributed by atoms with Gasteiger partial charge in [0.2, 0.25) is 0 Å². The molecule has 3 nitrogen and oxygen atoms in total. The molecule has 0 fully saturated rings. The molecule has 0 amide bonds. The van der Waals surface area contributed by atoms with E-state index in [1.807, 2.05) is 0 Å². The summed E-state index contributed by atoms with van der Waals surface area (Å²) in [7, 11) is 0. The lowest BCUT2D eigenvalue weighted by Crippen LogP contribution is -2.59. The molecule has 0 N–H and O–H groups in total. The van der Waals surface area contributed by atoms with Gasteiger partial charge in [0, 0.05) is 54.6 Å². The van der Waals surface area contributed by atoms with Crippen molar-refractivity contribution in [3.8, 4) is 44.8 Å². The fourth-order valence-corrected chi connectivity index (χ4v) is 13.3. The third-order valence-corrected chi connectivity index (χ3v) is 16.0. The van der Waals surface area contributed by atoms with Crippen LogP contribution in [0.3, 0.4) is 0 Å². The first-order chi connectivity index (χ1) is 34.8. The summed E-state index contributed by atoms with van der Waals surface area (Å²) in [5.41, 5.74) is 20.4. The van der Waals surface area contributed by atoms with Gasteiger partial charge in [-0.25, -0.2) is 0 Å². The van der Waals surface area contributed by atoms with Gasteiger partial charge in [-0.05, 0) is 113 Å². The summed E-state index contributed by atoms with van der Waals surface area (Å²) < 4.78 is 11.9. The number of aromatic nitrogens is 2. The summed E-state index contributed by atoms with van der Waals surface area (Å²) in [5.74, 6) is 0. The Balaban J connectivity index is 1.11. The largest absolute Gasteiger partial charge is 0.456 e. The maximum atomic E-state index is 6.63. The molecule has 2 aliphatic rings. The van der Waals surface area contributed by atoms with Crippen molar-refractivity contribution < 1.29 is 4.42 Å². The smallest absolute Gasteiger partial charge is 0.252 e. The second-order valence-electron chi connectivity index (χ2n) is 19.4. The zero-order chi connectivity index (χ0) is 45.3. The Labute approximate surface area is 401 Å². The molecule has 0 saturated carbocycles. The van der Waals surface area contributed by atoms with Crippen LogP contribution in [0.2, 0.25) is 0 Å². The van der Waals surface area contributed by atoms with Gasteiger partial charge in [-0.3, -0.25) is 0 Å². The lowest BCUT2D eigenvalue weighted by atomic mass is 9.34. The summed E-state index contributed by atoms with van der Waals surface area (Å²) >= 11 is 0. The molecule has 0 saturated heterocycles. The average Bonchev–Trinajstić information content (AvgIpc) is 4.09. The molecule has 4 heteroatoms. The summed E-state index contributed by atoms with van der Waals surface area (Å²) in [6.07, 6.45) is 0. The van der Waals surface area contributed by atoms with E-state index in [0.717, 1.165) is 21.9 Å². The minimum atomic E-state index is -0.0460. The Morgan fingerprint density at radius 3 is 1.61 bits per heavy atom. The van der Waals surface area contributed by atoms with Crippen molar-refractivity contribution in [3.05, 3.63) is 224 Å². The van der Waals surface area contributed by atoms with E-state index in [0.29, 0.717) is 0 Å². The van der Waals surface area contributed by atoms with Crippen molar-refractivity contribution in [1.29, 1.82) is 0 Å². The molecule has 0 atom stereocenters. The van der Waals surface area contributed by atoms with Crippen molar-refractivity contribution in [2.45, 2.75) is 0 Å². The number of rotatable bonds is 3. The Kier molecular flexibility index (Phi) is 7.03. The van der Waals surface area contributed by atoms with Crippen LogP contribution in [0.15, 0.2) is 229 Å². The molecule has 0 radical (unpaired) electrons. The van der Waals surface area contributed by atoms with Crippen LogP contribution in [0.4, 0.5) is 0 Å². The highest BCUT2D eigenvalue weighted by atomic mass is 16.3. The summed E-state index contributed by atoms with van der Waals surface area (Å²) in [5, 5.41) is 15.1. The first-order valence-electron chi connectivity index (χ1n) is 24.4. The normalized spacial score (nSPS) is 12.8. The SMILES string of the molecule is c1ccc(-c2cccc(-c3ccccc3)c2-c2cc3c4c(c2)-n2c5ccccc5c5c6c7ccccc7c7ccccc7c6cc(c52)B4c2cccc4c5cc6oc7ccccc7c6cc5n-3c24)cc1. The predicted octanol–water partition coefficient (Wildman–Crippen LogP) is 15.4. The number of hydrogen-bond donors (Lipinski definition) is 0. The fraction of sp³-hybridized carbons (Fsp3) is 0. The molecule has 12 aromatic carbocycles. The molecule has 70 heavy (non-hydrogen) atoms. The molecule has 0 aliphatic carbocycles. The van der Waals surface area contributed by atoms with Crippen molar-refractivity contribution in [2.24, 2.45) is 0 Å². The maximum Gasteiger partial charge on any atom is 0.252 e. The maximum absolute atomic E-state index is 6.63. The second kappa shape index (κ2) is 13.3. The lowest BCUT2D eigenvalue weighted by molar-refractivity contribution is 0.669. The molecule has 320 valence electrons. The number of benzene rings is 12. The van der Waals surface area contributed by atoms with Gasteiger partial charge in [-0.1, -0.05) is 188 Å². The van der Waals surface area contributed by atoms with E-state index in [9.17, 15) is 0 Å². The molecule has 0 bridgehead atoms. The highest BCUT2D eigenvalue weighted by molar-refractivity contribution is 7.00. The van der Waals surface area contributed by atoms with Crippen LogP contribution < -0.4 is 16.4 Å². The summed E-state index contributed by atoms with van der Waals surface area (Å²) in [6.45, 7) is -0.0460. The van der Waals surface area contributed by atoms with E-state index in [1.54, 1.807) is 0 Å². The standard InChI is InChI=1S/C66H37BN2O/c1-3-17-38(18-4-1)41-27-15-28-42(39-19-5-2-6-20-39)61(41)40-33-57-64-58(34-40)69-56-36-51-46-24-12-14-32-59(46)70-60(51)37-50(56)48-29-16-30-53(65(48)69)67(64)54-35-52-45-23-8-7-21-43(45)44-22-9-10-25-47(44)62(52)63-49-26-11-13-31-55(49)68(57)66(54)63/h1-37H. The van der Waals surface area contributed by atoms with Gasteiger partial charge < -0.3 is 13.6 Å². The number of fused-ring (bicyclic) bond motifs is 20. The van der Waals surface area contributed by atoms with Crippen LogP contribution >= 0.6 is 0 Å². The lowest BCUT2D eigenvalue weighted by Gasteiger charge is -2.35. The Morgan fingerprint density at radius 2 is 0.886 bits per heavy atom. The van der Waals surface area contributed by atoms with Crippen LogP contribution in [0.25, 0.3) is 143 Å². The monoisotopic (exact) mass is 884 g/mol. The molecule has 3 aromatic heterocycles. The van der Waals surface area contributed by atoms with Crippen LogP contribution in [-0.2, 0) is 0 Å². The molecule has 2 aliphatic heterocycles. The topological polar surface area (TPSA) is 23.0 Å². The van der Waals surface area contributed by atoms with Crippen molar-refractivity contribution in [1.82, 2.24) is 9.13 Å². The molecule has 5 heterocycles. The number of para-hydroxylation sites is 3. The zero-order valence-corrected chi connectivity index (χ0v) is 37.7. The van der Waals surface area contributed by atoms with Gasteiger partial charge in [-0.2, -0.15) is 0 Å². The van der Waals surface area contributed by atoms with Gasteiger partial charge in [0.15, 0.2) is 0 Å². The van der Waals surface area contributed by atoms with Gasteiger partial charge in [0.05, 0.1) is 16.6 Å². The first kappa shape index (κ1) is 36.9. The van der Waals surface area contributed by atoms with Crippen LogP contribution in [-0.4, -0.2) is 15.8 Å². The van der Waals surface area contributed by atoms with Crippen LogP contribution in [0.5, 0.6) is 0 Å². The van der Waals surface area contributed by atoms with E-state index < -0.39 is 0 Å². The molecule has 0 spiro atoms. The van der Waals surface area contributed by atoms with Crippen LogP contribution in [0.1, 0.15) is 0 Å². The fourth-order valence-electron chi connectivity index (χ4n) is 13.3. The van der Waals surface area contributed by atoms with E-state index in [1.165, 1.54) is 137 Å². The molecule has 17 rings (SSSR count). The minimum absolute atomic E-state index is 0.0460. The molecule has 15 aromatic rings.